The summed E-state index contributed by atoms with van der Waals surface area (Å²) in [6.07, 6.45) is 0. The van der Waals surface area contributed by atoms with Crippen LogP contribution in [0.2, 0.25) is 15.2 Å². The van der Waals surface area contributed by atoms with E-state index in [0.717, 1.165) is 0 Å². The quantitative estimate of drug-likeness (QED) is 0.466. The monoisotopic (exact) mass is 552 g/mol. The summed E-state index contributed by atoms with van der Waals surface area (Å²) in [6, 6.07) is 11.9. The van der Waals surface area contributed by atoms with Crippen LogP contribution in [0, 0.1) is 0 Å². The molecule has 0 aliphatic carbocycles. The minimum absolute atomic E-state index is 0.0312. The average Bonchev–Trinajstić information content (AvgIpc) is 3.13. The van der Waals surface area contributed by atoms with Gasteiger partial charge >= 0.3 is 11.0 Å². The maximum Gasteiger partial charge on any atom is 0.400 e. The lowest BCUT2D eigenvalue weighted by Gasteiger charge is -2.29. The topological polar surface area (TPSA) is 117 Å². The van der Waals surface area contributed by atoms with E-state index in [1.807, 2.05) is 0 Å². The largest absolute Gasteiger partial charge is 0.400 e. The number of hydrogen-bond donors (Lipinski definition) is 1. The zero-order chi connectivity index (χ0) is 23.8. The van der Waals surface area contributed by atoms with Gasteiger partial charge in [-0.1, -0.05) is 41.4 Å². The van der Waals surface area contributed by atoms with Crippen LogP contribution in [0.15, 0.2) is 62.8 Å². The minimum atomic E-state index is -3.93. The molecule has 1 aliphatic rings. The van der Waals surface area contributed by atoms with Crippen molar-refractivity contribution < 1.29 is 26.1 Å². The number of hydrogen-bond acceptors (Lipinski definition) is 7. The standard InChI is InChI=1S/C18H17Cl3N5O5S2/c19-13-6-7-16(15(20)12-13)33(29,30)25-10-8-24(9-11-25)26-17(21)18(31-23-26)22-32(27,28)14-4-2-1-3-5-14/h1-7,12,22H,8-11H2/q+1. The molecule has 2 aromatic carbocycles. The predicted molar refractivity (Wildman–Crippen MR) is 122 cm³/mol. The fourth-order valence-electron chi connectivity index (χ4n) is 3.19. The summed E-state index contributed by atoms with van der Waals surface area (Å²) in [6.45, 7) is 0.656. The minimum Gasteiger partial charge on any atom is -0.277 e. The van der Waals surface area contributed by atoms with Gasteiger partial charge < -0.3 is 0 Å². The molecule has 0 amide bonds. The number of sulfonamides is 2. The molecular formula is C18H17Cl3N5O5S2+. The van der Waals surface area contributed by atoms with Crippen molar-refractivity contribution in [3.05, 3.63) is 63.7 Å². The molecular weight excluding hydrogens is 537 g/mol. The third-order valence-corrected chi connectivity index (χ3v) is 9.13. The van der Waals surface area contributed by atoms with Gasteiger partial charge in [0.1, 0.15) is 4.90 Å². The van der Waals surface area contributed by atoms with E-state index in [1.54, 1.807) is 23.2 Å². The van der Waals surface area contributed by atoms with E-state index in [1.165, 1.54) is 39.4 Å². The maximum atomic E-state index is 13.0. The normalized spacial score (nSPS) is 15.5. The molecule has 2 heterocycles. The van der Waals surface area contributed by atoms with Gasteiger partial charge in [-0.15, -0.1) is 5.01 Å². The third-order valence-electron chi connectivity index (χ3n) is 4.85. The molecule has 1 aliphatic heterocycles. The zero-order valence-corrected chi connectivity index (χ0v) is 20.6. The van der Waals surface area contributed by atoms with Gasteiger partial charge in [0.15, 0.2) is 0 Å². The number of nitrogens with zero attached hydrogens (tertiary/aromatic N) is 4. The van der Waals surface area contributed by atoms with Crippen molar-refractivity contribution in [2.75, 3.05) is 35.9 Å². The van der Waals surface area contributed by atoms with Crippen LogP contribution in [0.1, 0.15) is 0 Å². The van der Waals surface area contributed by atoms with E-state index in [-0.39, 0.29) is 52.0 Å². The van der Waals surface area contributed by atoms with E-state index in [4.69, 9.17) is 39.3 Å². The van der Waals surface area contributed by atoms with Crippen molar-refractivity contribution in [1.29, 1.82) is 0 Å². The Hall–Kier alpha value is -2.09. The van der Waals surface area contributed by atoms with E-state index in [9.17, 15) is 16.8 Å². The van der Waals surface area contributed by atoms with Crippen molar-refractivity contribution in [3.8, 4) is 0 Å². The fourth-order valence-corrected chi connectivity index (χ4v) is 6.65. The van der Waals surface area contributed by atoms with Crippen LogP contribution in [-0.4, -0.2) is 52.6 Å². The first-order chi connectivity index (χ1) is 15.6. The highest BCUT2D eigenvalue weighted by atomic mass is 35.5. The predicted octanol–water partition coefficient (Wildman–Crippen LogP) is 2.37. The average molecular weight is 554 g/mol. The van der Waals surface area contributed by atoms with Crippen LogP contribution in [0.25, 0.3) is 0 Å². The van der Waals surface area contributed by atoms with E-state index < -0.39 is 20.0 Å². The Labute approximate surface area is 205 Å². The van der Waals surface area contributed by atoms with Gasteiger partial charge in [0.2, 0.25) is 15.3 Å². The number of anilines is 1. The molecule has 1 saturated heterocycles. The first-order valence-electron chi connectivity index (χ1n) is 9.45. The molecule has 3 aromatic rings. The summed E-state index contributed by atoms with van der Waals surface area (Å²) in [5, 5.41) is 5.68. The van der Waals surface area contributed by atoms with Gasteiger partial charge in [-0.3, -0.25) is 4.52 Å². The number of nitrogens with one attached hydrogen (secondary N) is 1. The second-order valence-electron chi connectivity index (χ2n) is 6.93. The van der Waals surface area contributed by atoms with E-state index in [0.29, 0.717) is 5.02 Å². The van der Waals surface area contributed by atoms with Crippen LogP contribution >= 0.6 is 34.8 Å². The molecule has 1 N–H and O–H groups in total. The Balaban J connectivity index is 1.47. The van der Waals surface area contributed by atoms with Crippen LogP contribution in [0.4, 0.5) is 5.88 Å². The van der Waals surface area contributed by atoms with Crippen molar-refractivity contribution in [3.63, 3.8) is 0 Å². The first kappa shape index (κ1) is 24.0. The Kier molecular flexibility index (Phi) is 6.76. The number of benzene rings is 2. The zero-order valence-electron chi connectivity index (χ0n) is 16.7. The van der Waals surface area contributed by atoms with Crippen molar-refractivity contribution in [2.24, 2.45) is 0 Å². The molecule has 0 unspecified atom stereocenters. The number of piperazine rings is 1. The Morgan fingerprint density at radius 1 is 0.939 bits per heavy atom. The van der Waals surface area contributed by atoms with Gasteiger partial charge in [0.25, 0.3) is 10.0 Å². The highest BCUT2D eigenvalue weighted by molar-refractivity contribution is 7.92. The summed E-state index contributed by atoms with van der Waals surface area (Å²) in [7, 11) is -7.76. The highest BCUT2D eigenvalue weighted by Crippen LogP contribution is 2.28. The second kappa shape index (κ2) is 9.28. The lowest BCUT2D eigenvalue weighted by molar-refractivity contribution is -0.757. The molecule has 0 atom stereocenters. The molecule has 176 valence electrons. The molecule has 33 heavy (non-hydrogen) atoms. The van der Waals surface area contributed by atoms with Gasteiger partial charge in [-0.2, -0.15) is 4.31 Å². The van der Waals surface area contributed by atoms with Crippen LogP contribution in [0.3, 0.4) is 0 Å². The van der Waals surface area contributed by atoms with Crippen LogP contribution in [0.5, 0.6) is 0 Å². The van der Waals surface area contributed by atoms with Gasteiger partial charge in [0.05, 0.1) is 27.8 Å². The summed E-state index contributed by atoms with van der Waals surface area (Å²) in [4.78, 5) is 1.18. The second-order valence-corrected chi connectivity index (χ2v) is 11.7. The van der Waals surface area contributed by atoms with Gasteiger partial charge in [0, 0.05) is 29.7 Å². The van der Waals surface area contributed by atoms with E-state index >= 15 is 0 Å². The van der Waals surface area contributed by atoms with Crippen molar-refractivity contribution in [2.45, 2.75) is 9.79 Å². The first-order valence-corrected chi connectivity index (χ1v) is 13.5. The Bertz CT molecular complexity index is 1380. The molecule has 0 saturated carbocycles. The SMILES string of the molecule is O=S(=O)(Nc1on[n+](N2CCN(S(=O)(=O)c3ccc(Cl)cc3Cl)CC2)c1Cl)c1ccccc1. The van der Waals surface area contributed by atoms with Crippen molar-refractivity contribution in [1.82, 2.24) is 9.58 Å². The van der Waals surface area contributed by atoms with Gasteiger partial charge in [-0.25, -0.2) is 21.6 Å². The molecule has 1 aromatic heterocycles. The molecule has 10 nitrogen and oxygen atoms in total. The Morgan fingerprint density at radius 2 is 1.61 bits per heavy atom. The molecule has 1 fully saturated rings. The number of halogens is 3. The maximum absolute atomic E-state index is 13.0. The van der Waals surface area contributed by atoms with Crippen molar-refractivity contribution >= 4 is 60.7 Å². The molecule has 0 bridgehead atoms. The molecule has 15 heteroatoms. The fraction of sp³-hybridized carbons (Fsp3) is 0.222. The van der Waals surface area contributed by atoms with Crippen LogP contribution in [-0.2, 0) is 20.0 Å². The van der Waals surface area contributed by atoms with Gasteiger partial charge in [-0.05, 0) is 30.3 Å². The lowest BCUT2D eigenvalue weighted by atomic mass is 10.4. The highest BCUT2D eigenvalue weighted by Gasteiger charge is 2.37. The smallest absolute Gasteiger partial charge is 0.277 e. The number of rotatable bonds is 6. The van der Waals surface area contributed by atoms with Crippen LogP contribution < -0.4 is 14.5 Å². The lowest BCUT2D eigenvalue weighted by Crippen LogP contribution is -2.66. The number of aromatic nitrogens is 2. The van der Waals surface area contributed by atoms with E-state index in [2.05, 4.69) is 9.99 Å². The summed E-state index contributed by atoms with van der Waals surface area (Å²) < 4.78 is 59.6. The molecule has 0 spiro atoms. The summed E-state index contributed by atoms with van der Waals surface area (Å²) >= 11 is 18.2. The summed E-state index contributed by atoms with van der Waals surface area (Å²) in [5.74, 6) is -0.261. The molecule has 0 radical (unpaired) electrons. The molecule has 4 rings (SSSR count). The summed E-state index contributed by atoms with van der Waals surface area (Å²) in [5.41, 5.74) is 0. The third kappa shape index (κ3) is 4.91. The Morgan fingerprint density at radius 3 is 2.24 bits per heavy atom.